The number of esters is 1. The highest BCUT2D eigenvalue weighted by molar-refractivity contribution is 5.82. The van der Waals surface area contributed by atoms with E-state index in [0.29, 0.717) is 13.0 Å². The molecule has 0 radical (unpaired) electrons. The predicted octanol–water partition coefficient (Wildman–Crippen LogP) is 2.76. The molecule has 2 aliphatic rings. The first kappa shape index (κ1) is 13.3. The van der Waals surface area contributed by atoms with Crippen molar-refractivity contribution in [3.63, 3.8) is 0 Å². The van der Waals surface area contributed by atoms with Gasteiger partial charge in [-0.25, -0.2) is 4.79 Å². The molecule has 0 bridgehead atoms. The summed E-state index contributed by atoms with van der Waals surface area (Å²) in [5.41, 5.74) is -0.0693. The van der Waals surface area contributed by atoms with Gasteiger partial charge in [0.1, 0.15) is 0 Å². The molecule has 2 heterocycles. The molecule has 4 nitrogen and oxygen atoms in total. The minimum atomic E-state index is -0.715. The highest BCUT2D eigenvalue weighted by atomic mass is 16.9. The minimum Gasteiger partial charge on any atom is -0.465 e. The van der Waals surface area contributed by atoms with Crippen molar-refractivity contribution < 1.29 is 14.4 Å². The molecule has 20 heavy (non-hydrogen) atoms. The topological polar surface area (TPSA) is 41.8 Å². The summed E-state index contributed by atoms with van der Waals surface area (Å²) >= 11 is 0. The lowest BCUT2D eigenvalue weighted by Gasteiger charge is -2.25. The average Bonchev–Trinajstić information content (AvgIpc) is 3.14. The Morgan fingerprint density at radius 2 is 2.20 bits per heavy atom. The number of ether oxygens (including phenoxy) is 1. The van der Waals surface area contributed by atoms with E-state index in [1.54, 1.807) is 6.08 Å². The Balaban J connectivity index is 1.90. The maximum absolute atomic E-state index is 12.4. The number of carbonyl (C=O) groups is 1. The van der Waals surface area contributed by atoms with Crippen LogP contribution in [-0.4, -0.2) is 23.2 Å². The summed E-state index contributed by atoms with van der Waals surface area (Å²) < 4.78 is 5.25. The number of benzene rings is 1. The molecule has 1 aromatic carbocycles. The Bertz CT molecular complexity index is 530. The summed E-state index contributed by atoms with van der Waals surface area (Å²) in [6.07, 6.45) is 3.83. The van der Waals surface area contributed by atoms with Crippen molar-refractivity contribution in [3.8, 4) is 0 Å². The number of rotatable bonds is 5. The van der Waals surface area contributed by atoms with Crippen LogP contribution in [0.4, 0.5) is 0 Å². The van der Waals surface area contributed by atoms with Gasteiger partial charge in [0.05, 0.1) is 6.61 Å². The normalized spacial score (nSPS) is 34.4. The van der Waals surface area contributed by atoms with Crippen LogP contribution in [-0.2, 0) is 20.1 Å². The first-order valence-electron chi connectivity index (χ1n) is 7.03. The van der Waals surface area contributed by atoms with Gasteiger partial charge in [-0.2, -0.15) is 0 Å². The Kier molecular flexibility index (Phi) is 3.15. The molecule has 0 aromatic heterocycles. The quantitative estimate of drug-likeness (QED) is 0.470. The molecule has 0 spiro atoms. The van der Waals surface area contributed by atoms with Gasteiger partial charge in [0.25, 0.3) is 0 Å². The van der Waals surface area contributed by atoms with Gasteiger partial charge in [-0.3, -0.25) is 4.84 Å². The summed E-state index contributed by atoms with van der Waals surface area (Å²) in [6.45, 7) is 5.97. The first-order chi connectivity index (χ1) is 9.69. The van der Waals surface area contributed by atoms with Crippen molar-refractivity contribution in [2.75, 3.05) is 6.61 Å². The number of hydrogen-bond acceptors (Lipinski definition) is 4. The zero-order valence-corrected chi connectivity index (χ0v) is 11.7. The van der Waals surface area contributed by atoms with Crippen LogP contribution in [0.25, 0.3) is 0 Å². The van der Waals surface area contributed by atoms with E-state index in [1.807, 2.05) is 42.3 Å². The molecule has 106 valence electrons. The Labute approximate surface area is 118 Å². The Morgan fingerprint density at radius 1 is 1.45 bits per heavy atom. The SMILES string of the molecule is C=CC[C@@]1(C(=O)OCC)CC[C@@]2(c3ccccc3)ON12. The summed E-state index contributed by atoms with van der Waals surface area (Å²) in [5, 5.41) is 1.81. The van der Waals surface area contributed by atoms with E-state index < -0.39 is 11.3 Å². The number of nitrogens with zero attached hydrogens (tertiary/aromatic N) is 1. The predicted molar refractivity (Wildman–Crippen MR) is 74.5 cm³/mol. The van der Waals surface area contributed by atoms with Crippen LogP contribution in [0, 0.1) is 0 Å². The van der Waals surface area contributed by atoms with E-state index in [0.717, 1.165) is 18.4 Å². The van der Waals surface area contributed by atoms with Crippen molar-refractivity contribution in [1.29, 1.82) is 0 Å². The third-order valence-corrected chi connectivity index (χ3v) is 4.17. The molecule has 0 N–H and O–H groups in total. The summed E-state index contributed by atoms with van der Waals surface area (Å²) in [4.78, 5) is 18.2. The number of carbonyl (C=O) groups excluding carboxylic acids is 1. The van der Waals surface area contributed by atoms with Gasteiger partial charge in [0.15, 0.2) is 11.3 Å². The highest BCUT2D eigenvalue weighted by Gasteiger charge is 2.73. The molecular formula is C16H19NO3. The van der Waals surface area contributed by atoms with Crippen molar-refractivity contribution >= 4 is 5.97 Å². The van der Waals surface area contributed by atoms with Crippen LogP contribution >= 0.6 is 0 Å². The average molecular weight is 273 g/mol. The van der Waals surface area contributed by atoms with Crippen LogP contribution < -0.4 is 0 Å². The van der Waals surface area contributed by atoms with E-state index in [-0.39, 0.29) is 5.97 Å². The van der Waals surface area contributed by atoms with Crippen molar-refractivity contribution in [2.45, 2.75) is 37.5 Å². The molecule has 3 rings (SSSR count). The summed E-state index contributed by atoms with van der Waals surface area (Å²) in [5.74, 6) is -0.213. The molecule has 1 unspecified atom stereocenters. The molecule has 0 amide bonds. The zero-order chi connectivity index (χ0) is 14.2. The molecule has 2 fully saturated rings. The maximum atomic E-state index is 12.4. The Morgan fingerprint density at radius 3 is 2.80 bits per heavy atom. The fourth-order valence-electron chi connectivity index (χ4n) is 3.16. The van der Waals surface area contributed by atoms with Crippen LogP contribution in [0.5, 0.6) is 0 Å². The van der Waals surface area contributed by atoms with Gasteiger partial charge in [-0.15, -0.1) is 11.6 Å². The van der Waals surface area contributed by atoms with Gasteiger partial charge in [0.2, 0.25) is 0 Å². The van der Waals surface area contributed by atoms with E-state index >= 15 is 0 Å². The van der Waals surface area contributed by atoms with E-state index in [4.69, 9.17) is 9.57 Å². The zero-order valence-electron chi connectivity index (χ0n) is 11.7. The van der Waals surface area contributed by atoms with Crippen molar-refractivity contribution in [1.82, 2.24) is 5.06 Å². The number of hydrogen-bond donors (Lipinski definition) is 0. The van der Waals surface area contributed by atoms with Gasteiger partial charge in [0, 0.05) is 12.0 Å². The largest absolute Gasteiger partial charge is 0.465 e. The number of hydroxylamine groups is 2. The van der Waals surface area contributed by atoms with Gasteiger partial charge in [-0.05, 0) is 19.8 Å². The lowest BCUT2D eigenvalue weighted by Crippen LogP contribution is -2.45. The fourth-order valence-corrected chi connectivity index (χ4v) is 3.16. The summed E-state index contributed by atoms with van der Waals surface area (Å²) in [7, 11) is 0. The Hall–Kier alpha value is -1.65. The molecule has 4 heteroatoms. The minimum absolute atomic E-state index is 0.213. The first-order valence-corrected chi connectivity index (χ1v) is 7.03. The fraction of sp³-hybridized carbons (Fsp3) is 0.438. The molecule has 3 atom stereocenters. The van der Waals surface area contributed by atoms with Crippen molar-refractivity contribution in [3.05, 3.63) is 48.6 Å². The van der Waals surface area contributed by atoms with E-state index in [9.17, 15) is 4.79 Å². The third kappa shape index (κ3) is 1.72. The lowest BCUT2D eigenvalue weighted by molar-refractivity contribution is -0.158. The van der Waals surface area contributed by atoms with Crippen LogP contribution in [0.1, 0.15) is 31.7 Å². The van der Waals surface area contributed by atoms with Gasteiger partial charge >= 0.3 is 5.97 Å². The van der Waals surface area contributed by atoms with Gasteiger partial charge < -0.3 is 4.74 Å². The monoisotopic (exact) mass is 273 g/mol. The van der Waals surface area contributed by atoms with Crippen LogP contribution in [0.15, 0.2) is 43.0 Å². The van der Waals surface area contributed by atoms with Gasteiger partial charge in [-0.1, -0.05) is 36.4 Å². The second-order valence-corrected chi connectivity index (χ2v) is 5.28. The maximum Gasteiger partial charge on any atom is 0.329 e. The molecular weight excluding hydrogens is 254 g/mol. The highest BCUT2D eigenvalue weighted by Crippen LogP contribution is 2.61. The van der Waals surface area contributed by atoms with Crippen molar-refractivity contribution in [2.24, 2.45) is 0 Å². The third-order valence-electron chi connectivity index (χ3n) is 4.17. The molecule has 0 aliphatic carbocycles. The molecule has 1 aromatic rings. The number of fused-ring (bicyclic) bond motifs is 1. The second-order valence-electron chi connectivity index (χ2n) is 5.28. The standard InChI is InChI=1S/C16H19NO3/c1-3-10-15(14(18)19-4-2)11-12-16(17(15)20-16)13-8-6-5-7-9-13/h3,5-9H,1,4,10-12H2,2H3/t15-,16-,17?/m0/s1. The van der Waals surface area contributed by atoms with E-state index in [2.05, 4.69) is 6.58 Å². The molecule has 0 saturated carbocycles. The smallest absolute Gasteiger partial charge is 0.329 e. The van der Waals surface area contributed by atoms with Crippen LogP contribution in [0.3, 0.4) is 0 Å². The lowest BCUT2D eigenvalue weighted by atomic mass is 9.92. The molecule has 2 aliphatic heterocycles. The summed E-state index contributed by atoms with van der Waals surface area (Å²) in [6, 6.07) is 10.0. The van der Waals surface area contributed by atoms with E-state index in [1.165, 1.54) is 0 Å². The second kappa shape index (κ2) is 4.72. The molecule has 2 saturated heterocycles. The van der Waals surface area contributed by atoms with Crippen LogP contribution in [0.2, 0.25) is 0 Å².